The Labute approximate surface area is 234 Å². The Bertz CT molecular complexity index is 1590. The third kappa shape index (κ3) is 5.97. The fourth-order valence-corrected chi connectivity index (χ4v) is 4.32. The van der Waals surface area contributed by atoms with Gasteiger partial charge in [-0.25, -0.2) is 27.8 Å². The zero-order chi connectivity index (χ0) is 29.1. The fraction of sp³-hybridized carbons (Fsp3) is 0.172. The first-order chi connectivity index (χ1) is 19.7. The molecule has 0 radical (unpaired) electrons. The first-order valence-electron chi connectivity index (χ1n) is 12.7. The normalized spacial score (nSPS) is 12.6. The molecule has 0 fully saturated rings. The van der Waals surface area contributed by atoms with Crippen LogP contribution in [0.5, 0.6) is 0 Å². The van der Waals surface area contributed by atoms with Crippen LogP contribution < -0.4 is 20.9 Å². The van der Waals surface area contributed by atoms with Crippen molar-refractivity contribution >= 4 is 35.1 Å². The van der Waals surface area contributed by atoms with Crippen molar-refractivity contribution in [3.8, 4) is 11.3 Å². The van der Waals surface area contributed by atoms with Crippen LogP contribution in [-0.2, 0) is 6.54 Å². The van der Waals surface area contributed by atoms with Crippen molar-refractivity contribution in [2.24, 2.45) is 0 Å². The summed E-state index contributed by atoms with van der Waals surface area (Å²) in [6.45, 7) is 1.08. The minimum absolute atomic E-state index is 0.0104. The van der Waals surface area contributed by atoms with Gasteiger partial charge in [-0.2, -0.15) is 4.98 Å². The summed E-state index contributed by atoms with van der Waals surface area (Å²) in [6, 6.07) is 14.5. The molecule has 1 aliphatic rings. The van der Waals surface area contributed by atoms with Crippen LogP contribution in [0.1, 0.15) is 15.9 Å². The van der Waals surface area contributed by atoms with Gasteiger partial charge in [0.1, 0.15) is 23.1 Å². The van der Waals surface area contributed by atoms with Crippen molar-refractivity contribution in [2.45, 2.75) is 6.54 Å². The van der Waals surface area contributed by atoms with Gasteiger partial charge in [-0.3, -0.25) is 4.79 Å². The van der Waals surface area contributed by atoms with E-state index in [0.717, 1.165) is 17.0 Å². The van der Waals surface area contributed by atoms with Gasteiger partial charge in [-0.15, -0.1) is 0 Å². The third-order valence-corrected chi connectivity index (χ3v) is 6.32. The summed E-state index contributed by atoms with van der Waals surface area (Å²) >= 11 is 0. The summed E-state index contributed by atoms with van der Waals surface area (Å²) < 4.78 is 43.0. The molecule has 12 heteroatoms. The maximum Gasteiger partial charge on any atom is 0.328 e. The number of anilines is 4. The summed E-state index contributed by atoms with van der Waals surface area (Å²) in [7, 11) is 3.80. The van der Waals surface area contributed by atoms with Gasteiger partial charge in [0.05, 0.1) is 12.2 Å². The summed E-state index contributed by atoms with van der Waals surface area (Å²) in [5.74, 6) is -2.59. The number of amides is 3. The van der Waals surface area contributed by atoms with Gasteiger partial charge in [-0.1, -0.05) is 18.2 Å². The molecule has 0 aliphatic carbocycles. The van der Waals surface area contributed by atoms with Gasteiger partial charge in [0.15, 0.2) is 5.82 Å². The molecule has 0 saturated carbocycles. The SMILES string of the molecule is CN(C)CCNc1nc(-c2cccc(C(=O)Nc3ccc(F)cc3)c2)c2c(n1)N(c1c(F)cccc1F)C(=O)NC2. The largest absolute Gasteiger partial charge is 0.353 e. The molecule has 1 aliphatic heterocycles. The van der Waals surface area contributed by atoms with Crippen LogP contribution in [0.3, 0.4) is 0 Å². The number of urea groups is 1. The summed E-state index contributed by atoms with van der Waals surface area (Å²) in [6.07, 6.45) is 0. The van der Waals surface area contributed by atoms with Crippen LogP contribution >= 0.6 is 0 Å². The minimum Gasteiger partial charge on any atom is -0.353 e. The van der Waals surface area contributed by atoms with E-state index >= 15 is 0 Å². The number of rotatable bonds is 8. The standard InChI is InChI=1S/C29H26F3N7O2/c1-38(2)14-13-33-28-36-24(17-5-3-6-18(15-17)27(40)35-20-11-9-19(30)10-12-20)21-16-34-29(41)39(26(21)37-28)25-22(31)7-4-8-23(25)32/h3-12,15H,13-14,16H2,1-2H3,(H,34,41)(H,35,40)(H,33,36,37). The molecule has 0 bridgehead atoms. The van der Waals surface area contributed by atoms with Crippen LogP contribution in [0.2, 0.25) is 0 Å². The average Bonchev–Trinajstić information content (AvgIpc) is 2.94. The summed E-state index contributed by atoms with van der Waals surface area (Å²) in [5.41, 5.74) is 1.41. The van der Waals surface area contributed by atoms with Gasteiger partial charge in [0.25, 0.3) is 5.91 Å². The fourth-order valence-electron chi connectivity index (χ4n) is 4.32. The summed E-state index contributed by atoms with van der Waals surface area (Å²) in [4.78, 5) is 37.9. The number of nitrogens with zero attached hydrogens (tertiary/aromatic N) is 4. The zero-order valence-corrected chi connectivity index (χ0v) is 22.2. The van der Waals surface area contributed by atoms with E-state index < -0.39 is 35.1 Å². The number of carbonyl (C=O) groups is 2. The number of aromatic nitrogens is 2. The van der Waals surface area contributed by atoms with Crippen molar-refractivity contribution in [1.82, 2.24) is 20.2 Å². The van der Waals surface area contributed by atoms with Gasteiger partial charge < -0.3 is 20.9 Å². The number of hydrogen-bond donors (Lipinski definition) is 3. The molecule has 0 saturated heterocycles. The molecular weight excluding hydrogens is 535 g/mol. The van der Waals surface area contributed by atoms with Crippen LogP contribution in [0.25, 0.3) is 11.3 Å². The van der Waals surface area contributed by atoms with Crippen LogP contribution in [-0.4, -0.2) is 54.0 Å². The second-order valence-electron chi connectivity index (χ2n) is 9.53. The number of para-hydroxylation sites is 1. The number of likely N-dealkylation sites (N-methyl/N-ethyl adjacent to an activating group) is 1. The summed E-state index contributed by atoms with van der Waals surface area (Å²) in [5, 5.41) is 8.47. The van der Waals surface area contributed by atoms with E-state index in [2.05, 4.69) is 25.9 Å². The van der Waals surface area contributed by atoms with Crippen molar-refractivity contribution in [3.05, 3.63) is 95.3 Å². The van der Waals surface area contributed by atoms with Gasteiger partial charge in [0, 0.05) is 35.5 Å². The van der Waals surface area contributed by atoms with Crippen LogP contribution in [0.15, 0.2) is 66.7 Å². The molecule has 0 unspecified atom stereocenters. The predicted octanol–water partition coefficient (Wildman–Crippen LogP) is 5.15. The molecule has 41 heavy (non-hydrogen) atoms. The van der Waals surface area contributed by atoms with E-state index in [1.807, 2.05) is 19.0 Å². The van der Waals surface area contributed by atoms with E-state index in [4.69, 9.17) is 0 Å². The second-order valence-corrected chi connectivity index (χ2v) is 9.53. The lowest BCUT2D eigenvalue weighted by Gasteiger charge is -2.30. The Morgan fingerprint density at radius 2 is 1.71 bits per heavy atom. The molecule has 210 valence electrons. The average molecular weight is 562 g/mol. The van der Waals surface area contributed by atoms with E-state index in [0.29, 0.717) is 35.6 Å². The third-order valence-electron chi connectivity index (χ3n) is 6.32. The maximum absolute atomic E-state index is 14.9. The predicted molar refractivity (Wildman–Crippen MR) is 150 cm³/mol. The highest BCUT2D eigenvalue weighted by Crippen LogP contribution is 2.38. The highest BCUT2D eigenvalue weighted by atomic mass is 19.1. The maximum atomic E-state index is 14.9. The van der Waals surface area contributed by atoms with Crippen LogP contribution in [0, 0.1) is 17.5 Å². The Kier molecular flexibility index (Phi) is 7.83. The molecule has 0 spiro atoms. The van der Waals surface area contributed by atoms with E-state index in [1.54, 1.807) is 24.3 Å². The lowest BCUT2D eigenvalue weighted by atomic mass is 10.0. The van der Waals surface area contributed by atoms with E-state index in [1.165, 1.54) is 30.3 Å². The zero-order valence-electron chi connectivity index (χ0n) is 22.2. The van der Waals surface area contributed by atoms with Crippen molar-refractivity contribution in [2.75, 3.05) is 42.7 Å². The smallest absolute Gasteiger partial charge is 0.328 e. The molecule has 5 rings (SSSR count). The Morgan fingerprint density at radius 1 is 1.00 bits per heavy atom. The number of nitrogens with one attached hydrogen (secondary N) is 3. The first-order valence-corrected chi connectivity index (χ1v) is 12.7. The topological polar surface area (TPSA) is 102 Å². The highest BCUT2D eigenvalue weighted by molar-refractivity contribution is 6.05. The molecule has 1 aromatic heterocycles. The Morgan fingerprint density at radius 3 is 2.41 bits per heavy atom. The second kappa shape index (κ2) is 11.6. The number of carbonyl (C=O) groups excluding carboxylic acids is 2. The number of halogens is 3. The lowest BCUT2D eigenvalue weighted by Crippen LogP contribution is -2.43. The van der Waals surface area contributed by atoms with Crippen molar-refractivity contribution in [1.29, 1.82) is 0 Å². The van der Waals surface area contributed by atoms with Gasteiger partial charge in [-0.05, 0) is 62.6 Å². The number of hydrogen-bond acceptors (Lipinski definition) is 6. The molecule has 3 amide bonds. The molecule has 4 aromatic rings. The van der Waals surface area contributed by atoms with Crippen LogP contribution in [0.4, 0.5) is 41.1 Å². The number of benzene rings is 3. The molecule has 9 nitrogen and oxygen atoms in total. The molecule has 3 N–H and O–H groups in total. The Balaban J connectivity index is 1.59. The van der Waals surface area contributed by atoms with E-state index in [9.17, 15) is 22.8 Å². The van der Waals surface area contributed by atoms with Gasteiger partial charge in [0.2, 0.25) is 5.95 Å². The Hall–Kier alpha value is -4.97. The molecule has 0 atom stereocenters. The monoisotopic (exact) mass is 561 g/mol. The first kappa shape index (κ1) is 27.6. The molecule has 3 aromatic carbocycles. The minimum atomic E-state index is -0.935. The van der Waals surface area contributed by atoms with Crippen molar-refractivity contribution < 1.29 is 22.8 Å². The van der Waals surface area contributed by atoms with Crippen molar-refractivity contribution in [3.63, 3.8) is 0 Å². The molecular formula is C29H26F3N7O2. The number of fused-ring (bicyclic) bond motifs is 1. The molecule has 2 heterocycles. The van der Waals surface area contributed by atoms with E-state index in [-0.39, 0.29) is 23.9 Å². The lowest BCUT2D eigenvalue weighted by molar-refractivity contribution is 0.102. The highest BCUT2D eigenvalue weighted by Gasteiger charge is 2.34. The quantitative estimate of drug-likeness (QED) is 0.275. The van der Waals surface area contributed by atoms with Gasteiger partial charge >= 0.3 is 6.03 Å².